The van der Waals surface area contributed by atoms with Crippen molar-refractivity contribution in [3.63, 3.8) is 0 Å². The zero-order valence-electron chi connectivity index (χ0n) is 20.3. The molecular weight excluding hydrogens is 474 g/mol. The van der Waals surface area contributed by atoms with Gasteiger partial charge in [-0.3, -0.25) is 4.79 Å². The molecule has 2 aliphatic carbocycles. The lowest BCUT2D eigenvalue weighted by Gasteiger charge is -2.33. The Kier molecular flexibility index (Phi) is 7.48. The number of fused-ring (bicyclic) bond motifs is 1. The Hall–Kier alpha value is -1.94. The number of rotatable bonds is 9. The molecule has 0 N–H and O–H groups in total. The first-order chi connectivity index (χ1) is 16.8. The summed E-state index contributed by atoms with van der Waals surface area (Å²) < 4.78 is 37.1. The molecule has 0 bridgehead atoms. The summed E-state index contributed by atoms with van der Waals surface area (Å²) in [5.74, 6) is -0.230. The van der Waals surface area contributed by atoms with E-state index in [0.29, 0.717) is 29.3 Å². The Morgan fingerprint density at radius 2 is 1.89 bits per heavy atom. The highest BCUT2D eigenvalue weighted by molar-refractivity contribution is 7.13. The summed E-state index contributed by atoms with van der Waals surface area (Å²) in [4.78, 5) is 20.7. The molecule has 0 atom stereocenters. The van der Waals surface area contributed by atoms with Gasteiger partial charge >= 0.3 is 0 Å². The zero-order valence-corrected chi connectivity index (χ0v) is 21.1. The summed E-state index contributed by atoms with van der Waals surface area (Å²) in [6, 6.07) is 0. The molecular formula is C25H34F2N4O3S. The quantitative estimate of drug-likeness (QED) is 0.481. The molecule has 0 spiro atoms. The fraction of sp³-hybridized carbons (Fsp3) is 0.760. The zero-order chi connectivity index (χ0) is 24.4. The maximum absolute atomic E-state index is 13.0. The van der Waals surface area contributed by atoms with Crippen LogP contribution in [0.2, 0.25) is 0 Å². The largest absolute Gasteiger partial charge is 0.466 e. The van der Waals surface area contributed by atoms with E-state index in [1.165, 1.54) is 35.5 Å². The van der Waals surface area contributed by atoms with E-state index in [1.54, 1.807) is 6.92 Å². The van der Waals surface area contributed by atoms with Gasteiger partial charge in [-0.25, -0.2) is 13.8 Å². The number of hydrogen-bond acceptors (Lipinski definition) is 8. The maximum atomic E-state index is 13.0. The van der Waals surface area contributed by atoms with E-state index in [2.05, 4.69) is 20.1 Å². The third-order valence-corrected chi connectivity index (χ3v) is 8.70. The van der Waals surface area contributed by atoms with Gasteiger partial charge in [0.15, 0.2) is 0 Å². The number of hydrogen-bond donors (Lipinski definition) is 0. The van der Waals surface area contributed by atoms with Gasteiger partial charge in [-0.2, -0.15) is 0 Å². The van der Waals surface area contributed by atoms with Crippen molar-refractivity contribution in [2.45, 2.75) is 89.6 Å². The van der Waals surface area contributed by atoms with Crippen molar-refractivity contribution in [2.24, 2.45) is 11.8 Å². The van der Waals surface area contributed by atoms with Crippen LogP contribution in [0.4, 0.5) is 8.78 Å². The first kappa shape index (κ1) is 24.7. The lowest BCUT2D eigenvalue weighted by molar-refractivity contribution is -0.134. The Morgan fingerprint density at radius 3 is 2.60 bits per heavy atom. The Morgan fingerprint density at radius 1 is 1.14 bits per heavy atom. The lowest BCUT2D eigenvalue weighted by Crippen LogP contribution is -2.43. The second kappa shape index (κ2) is 10.6. The summed E-state index contributed by atoms with van der Waals surface area (Å²) in [5.41, 5.74) is 1.08. The first-order valence-electron chi connectivity index (χ1n) is 12.9. The third kappa shape index (κ3) is 6.64. The van der Waals surface area contributed by atoms with Gasteiger partial charge in [0, 0.05) is 50.6 Å². The molecule has 10 heteroatoms. The molecule has 0 saturated heterocycles. The number of alkyl halides is 2. The molecule has 0 aromatic carbocycles. The number of aryl methyl sites for hydroxylation is 1. The van der Waals surface area contributed by atoms with Crippen LogP contribution in [-0.2, 0) is 24.1 Å². The molecule has 192 valence electrons. The van der Waals surface area contributed by atoms with Crippen LogP contribution >= 0.6 is 11.3 Å². The van der Waals surface area contributed by atoms with Crippen LogP contribution in [0, 0.1) is 18.8 Å². The van der Waals surface area contributed by atoms with E-state index in [0.717, 1.165) is 56.9 Å². The number of Topliss-reactive ketones (excluding diaryl/α,β-unsaturated/α-hetero) is 1. The molecule has 3 heterocycles. The number of halogens is 2. The van der Waals surface area contributed by atoms with E-state index in [4.69, 9.17) is 9.15 Å². The van der Waals surface area contributed by atoms with Crippen LogP contribution in [0.1, 0.15) is 73.7 Å². The molecule has 2 saturated carbocycles. The SMILES string of the molecule is Cc1nnc(CC(=O)CC2CCC(CCN3CCc4nc(OC5CC(F)(F)C5)sc4CC3)CC2)o1. The fourth-order valence-corrected chi connectivity index (χ4v) is 6.56. The minimum atomic E-state index is -2.56. The molecule has 1 aliphatic heterocycles. The van der Waals surface area contributed by atoms with E-state index < -0.39 is 5.92 Å². The lowest BCUT2D eigenvalue weighted by atomic mass is 9.78. The number of carbonyl (C=O) groups is 1. The molecule has 2 fully saturated rings. The average Bonchev–Trinajstić information content (AvgIpc) is 3.32. The number of ketones is 1. The second-order valence-electron chi connectivity index (χ2n) is 10.5. The van der Waals surface area contributed by atoms with Crippen LogP contribution in [0.5, 0.6) is 5.19 Å². The predicted octanol–water partition coefficient (Wildman–Crippen LogP) is 4.81. The number of aromatic nitrogens is 3. The minimum Gasteiger partial charge on any atom is -0.466 e. The summed E-state index contributed by atoms with van der Waals surface area (Å²) in [7, 11) is 0. The maximum Gasteiger partial charge on any atom is 0.273 e. The monoisotopic (exact) mass is 508 g/mol. The van der Waals surface area contributed by atoms with Gasteiger partial charge in [0.05, 0.1) is 12.1 Å². The van der Waals surface area contributed by atoms with Gasteiger partial charge in [-0.05, 0) is 44.1 Å². The van der Waals surface area contributed by atoms with Crippen molar-refractivity contribution in [1.82, 2.24) is 20.1 Å². The molecule has 2 aromatic rings. The Labute approximate surface area is 208 Å². The van der Waals surface area contributed by atoms with Gasteiger partial charge in [0.25, 0.3) is 11.1 Å². The van der Waals surface area contributed by atoms with E-state index in [1.807, 2.05) is 0 Å². The van der Waals surface area contributed by atoms with Crippen molar-refractivity contribution in [3.8, 4) is 5.19 Å². The fourth-order valence-electron chi connectivity index (χ4n) is 5.55. The molecule has 0 unspecified atom stereocenters. The molecule has 35 heavy (non-hydrogen) atoms. The van der Waals surface area contributed by atoms with Gasteiger partial charge in [-0.15, -0.1) is 10.2 Å². The van der Waals surface area contributed by atoms with E-state index in [-0.39, 0.29) is 31.1 Å². The van der Waals surface area contributed by atoms with Crippen LogP contribution < -0.4 is 4.74 Å². The van der Waals surface area contributed by atoms with Gasteiger partial charge < -0.3 is 14.1 Å². The Bertz CT molecular complexity index is 985. The van der Waals surface area contributed by atoms with Crippen molar-refractivity contribution in [1.29, 1.82) is 0 Å². The van der Waals surface area contributed by atoms with Gasteiger partial charge in [0.1, 0.15) is 11.9 Å². The molecule has 0 amide bonds. The number of thiazole rings is 1. The highest BCUT2D eigenvalue weighted by Crippen LogP contribution is 2.41. The molecule has 3 aliphatic rings. The van der Waals surface area contributed by atoms with Crippen LogP contribution in [0.25, 0.3) is 0 Å². The summed E-state index contributed by atoms with van der Waals surface area (Å²) in [6.07, 6.45) is 7.77. The van der Waals surface area contributed by atoms with Crippen molar-refractivity contribution in [2.75, 3.05) is 19.6 Å². The number of ether oxygens (including phenoxy) is 1. The van der Waals surface area contributed by atoms with Gasteiger partial charge in [0.2, 0.25) is 11.8 Å². The average molecular weight is 509 g/mol. The minimum absolute atomic E-state index is 0.191. The van der Waals surface area contributed by atoms with Crippen LogP contribution in [0.3, 0.4) is 0 Å². The molecule has 0 radical (unpaired) electrons. The summed E-state index contributed by atoms with van der Waals surface area (Å²) >= 11 is 1.54. The topological polar surface area (TPSA) is 81.4 Å². The van der Waals surface area contributed by atoms with Crippen molar-refractivity contribution in [3.05, 3.63) is 22.4 Å². The highest BCUT2D eigenvalue weighted by atomic mass is 32.1. The standard InChI is InChI=1S/C25H34F2N4O3S/c1-16-29-30-23(33-16)13-19(32)12-18-4-2-17(3-5-18)6-9-31-10-7-21-22(8-11-31)35-24(28-21)34-20-14-25(26,27)15-20/h17-18,20H,2-15H2,1H3. The predicted molar refractivity (Wildman–Crippen MR) is 127 cm³/mol. The summed E-state index contributed by atoms with van der Waals surface area (Å²) in [6.45, 7) is 4.82. The Balaban J connectivity index is 0.987. The third-order valence-electron chi connectivity index (χ3n) is 7.65. The second-order valence-corrected chi connectivity index (χ2v) is 11.6. The van der Waals surface area contributed by atoms with Gasteiger partial charge in [-0.1, -0.05) is 24.2 Å². The normalized spacial score (nSPS) is 25.0. The molecule has 5 rings (SSSR count). The smallest absolute Gasteiger partial charge is 0.273 e. The molecule has 2 aromatic heterocycles. The number of carbonyl (C=O) groups excluding carboxylic acids is 1. The van der Waals surface area contributed by atoms with Crippen LogP contribution in [-0.4, -0.2) is 57.5 Å². The van der Waals surface area contributed by atoms with Crippen molar-refractivity contribution < 1.29 is 22.7 Å². The van der Waals surface area contributed by atoms with E-state index >= 15 is 0 Å². The van der Waals surface area contributed by atoms with Crippen LogP contribution in [0.15, 0.2) is 4.42 Å². The molecule has 7 nitrogen and oxygen atoms in total. The van der Waals surface area contributed by atoms with E-state index in [9.17, 15) is 13.6 Å². The van der Waals surface area contributed by atoms with Crippen molar-refractivity contribution >= 4 is 17.1 Å². The first-order valence-corrected chi connectivity index (χ1v) is 13.7. The highest BCUT2D eigenvalue weighted by Gasteiger charge is 2.47. The number of nitrogens with zero attached hydrogens (tertiary/aromatic N) is 4. The summed E-state index contributed by atoms with van der Waals surface area (Å²) in [5, 5.41) is 8.28.